The van der Waals surface area contributed by atoms with Gasteiger partial charge in [0.2, 0.25) is 5.89 Å². The quantitative estimate of drug-likeness (QED) is 0.874. The summed E-state index contributed by atoms with van der Waals surface area (Å²) in [5, 5.41) is 13.4. The molecular weight excluding hydrogens is 300 g/mol. The van der Waals surface area contributed by atoms with E-state index in [-0.39, 0.29) is 29.0 Å². The Hall–Kier alpha value is -2.90. The number of hydrogen-bond acceptors (Lipinski definition) is 6. The Balaban J connectivity index is 1.63. The Labute approximate surface area is 132 Å². The molecule has 8 heteroatoms. The van der Waals surface area contributed by atoms with Gasteiger partial charge in [-0.05, 0) is 12.1 Å². The van der Waals surface area contributed by atoms with Crippen molar-refractivity contribution in [2.75, 3.05) is 26.2 Å². The van der Waals surface area contributed by atoms with Gasteiger partial charge in [-0.1, -0.05) is 17.3 Å². The summed E-state index contributed by atoms with van der Waals surface area (Å²) >= 11 is 0. The Morgan fingerprint density at radius 1 is 1.09 bits per heavy atom. The van der Waals surface area contributed by atoms with E-state index in [1.807, 2.05) is 0 Å². The summed E-state index contributed by atoms with van der Waals surface area (Å²) < 4.78 is 4.81. The van der Waals surface area contributed by atoms with Gasteiger partial charge in [-0.25, -0.2) is 0 Å². The van der Waals surface area contributed by atoms with Crippen LogP contribution in [0.3, 0.4) is 0 Å². The number of para-hydroxylation sites is 1. The molecule has 23 heavy (non-hydrogen) atoms. The molecule has 8 nitrogen and oxygen atoms in total. The van der Waals surface area contributed by atoms with Crippen molar-refractivity contribution < 1.29 is 19.2 Å². The van der Waals surface area contributed by atoms with Gasteiger partial charge in [0.05, 0.1) is 5.56 Å². The lowest BCUT2D eigenvalue weighted by atomic mass is 10.1. The lowest BCUT2D eigenvalue weighted by molar-refractivity contribution is 0.0525. The number of nitrogens with zero attached hydrogens (tertiary/aromatic N) is 4. The lowest BCUT2D eigenvalue weighted by Crippen LogP contribution is -2.50. The summed E-state index contributed by atoms with van der Waals surface area (Å²) in [6.07, 6.45) is 0. The van der Waals surface area contributed by atoms with Gasteiger partial charge in [0.1, 0.15) is 5.75 Å². The molecule has 0 saturated carbocycles. The van der Waals surface area contributed by atoms with E-state index < -0.39 is 0 Å². The number of aryl methyl sites for hydroxylation is 1. The number of rotatable bonds is 2. The third-order valence-electron chi connectivity index (χ3n) is 3.71. The minimum Gasteiger partial charge on any atom is -0.507 e. The highest BCUT2D eigenvalue weighted by molar-refractivity contribution is 5.97. The number of aromatic hydroxyl groups is 1. The summed E-state index contributed by atoms with van der Waals surface area (Å²) in [6, 6.07) is 6.42. The summed E-state index contributed by atoms with van der Waals surface area (Å²) in [5.41, 5.74) is 0.265. The van der Waals surface area contributed by atoms with Gasteiger partial charge in [-0.2, -0.15) is 4.98 Å². The molecule has 1 aromatic carbocycles. The molecule has 2 heterocycles. The van der Waals surface area contributed by atoms with E-state index in [2.05, 4.69) is 10.1 Å². The van der Waals surface area contributed by atoms with Crippen LogP contribution in [0.15, 0.2) is 28.8 Å². The average Bonchev–Trinajstić information content (AvgIpc) is 3.01. The maximum Gasteiger partial charge on any atom is 0.295 e. The van der Waals surface area contributed by atoms with E-state index in [0.717, 1.165) is 0 Å². The molecule has 1 N–H and O–H groups in total. The molecule has 1 saturated heterocycles. The molecule has 1 aliphatic heterocycles. The highest BCUT2D eigenvalue weighted by Crippen LogP contribution is 2.19. The first-order chi connectivity index (χ1) is 11.1. The number of phenols is 1. The van der Waals surface area contributed by atoms with Crippen LogP contribution in [0.4, 0.5) is 0 Å². The van der Waals surface area contributed by atoms with Gasteiger partial charge >= 0.3 is 0 Å². The van der Waals surface area contributed by atoms with Crippen molar-refractivity contribution in [3.8, 4) is 5.75 Å². The van der Waals surface area contributed by atoms with E-state index >= 15 is 0 Å². The van der Waals surface area contributed by atoms with Gasteiger partial charge in [-0.15, -0.1) is 0 Å². The first-order valence-electron chi connectivity index (χ1n) is 7.23. The molecule has 0 atom stereocenters. The SMILES string of the molecule is Cc1nc(C(=O)N2CCN(C(=O)c3ccccc3O)CC2)no1. The number of hydrogen-bond donors (Lipinski definition) is 1. The van der Waals surface area contributed by atoms with Gasteiger partial charge in [0.25, 0.3) is 17.6 Å². The van der Waals surface area contributed by atoms with Crippen molar-refractivity contribution in [2.24, 2.45) is 0 Å². The average molecular weight is 316 g/mol. The third-order valence-corrected chi connectivity index (χ3v) is 3.71. The minimum absolute atomic E-state index is 0.0305. The third kappa shape index (κ3) is 3.01. The van der Waals surface area contributed by atoms with E-state index in [0.29, 0.717) is 32.1 Å². The second-order valence-electron chi connectivity index (χ2n) is 5.24. The molecule has 0 bridgehead atoms. The Morgan fingerprint density at radius 2 is 1.70 bits per heavy atom. The van der Waals surface area contributed by atoms with Crippen LogP contribution in [-0.2, 0) is 0 Å². The number of aromatic nitrogens is 2. The van der Waals surface area contributed by atoms with Crippen LogP contribution in [-0.4, -0.2) is 63.0 Å². The second kappa shape index (κ2) is 6.07. The predicted octanol–water partition coefficient (Wildman–Crippen LogP) is 0.682. The number of phenolic OH excluding ortho intramolecular Hbond substituents is 1. The number of piperazine rings is 1. The van der Waals surface area contributed by atoms with Crippen molar-refractivity contribution >= 4 is 11.8 Å². The lowest BCUT2D eigenvalue weighted by Gasteiger charge is -2.34. The summed E-state index contributed by atoms with van der Waals surface area (Å²) in [4.78, 5) is 31.7. The fraction of sp³-hybridized carbons (Fsp3) is 0.333. The molecule has 2 amide bonds. The highest BCUT2D eigenvalue weighted by Gasteiger charge is 2.28. The molecule has 1 aliphatic rings. The Bertz CT molecular complexity index is 735. The van der Waals surface area contributed by atoms with Crippen LogP contribution in [0, 0.1) is 6.92 Å². The Morgan fingerprint density at radius 3 is 2.26 bits per heavy atom. The minimum atomic E-state index is -0.309. The molecule has 3 rings (SSSR count). The monoisotopic (exact) mass is 316 g/mol. The summed E-state index contributed by atoms with van der Waals surface area (Å²) in [5.74, 6) is -0.231. The molecular formula is C15H16N4O4. The Kier molecular flexibility index (Phi) is 3.96. The van der Waals surface area contributed by atoms with E-state index in [9.17, 15) is 14.7 Å². The zero-order chi connectivity index (χ0) is 16.4. The van der Waals surface area contributed by atoms with E-state index in [1.54, 1.807) is 34.9 Å². The topological polar surface area (TPSA) is 99.8 Å². The van der Waals surface area contributed by atoms with Gasteiger partial charge < -0.3 is 19.4 Å². The van der Waals surface area contributed by atoms with Crippen molar-refractivity contribution in [3.05, 3.63) is 41.5 Å². The smallest absolute Gasteiger partial charge is 0.295 e. The van der Waals surface area contributed by atoms with Crippen LogP contribution in [0.25, 0.3) is 0 Å². The van der Waals surface area contributed by atoms with Crippen molar-refractivity contribution in [1.82, 2.24) is 19.9 Å². The predicted molar refractivity (Wildman–Crippen MR) is 78.9 cm³/mol. The maximum absolute atomic E-state index is 12.4. The van der Waals surface area contributed by atoms with Crippen LogP contribution >= 0.6 is 0 Å². The zero-order valence-corrected chi connectivity index (χ0v) is 12.6. The van der Waals surface area contributed by atoms with Crippen LogP contribution in [0.5, 0.6) is 5.75 Å². The molecule has 0 spiro atoms. The largest absolute Gasteiger partial charge is 0.507 e. The zero-order valence-electron chi connectivity index (χ0n) is 12.6. The van der Waals surface area contributed by atoms with Crippen LogP contribution in [0.2, 0.25) is 0 Å². The first kappa shape index (κ1) is 15.0. The van der Waals surface area contributed by atoms with Gasteiger partial charge in [-0.3, -0.25) is 9.59 Å². The molecule has 0 radical (unpaired) electrons. The van der Waals surface area contributed by atoms with Crippen molar-refractivity contribution in [3.63, 3.8) is 0 Å². The van der Waals surface area contributed by atoms with Crippen LogP contribution < -0.4 is 0 Å². The van der Waals surface area contributed by atoms with Gasteiger partial charge in [0, 0.05) is 33.1 Å². The standard InChI is InChI=1S/C15H16N4O4/c1-10-16-13(17-23-10)15(22)19-8-6-18(7-9-19)14(21)11-4-2-3-5-12(11)20/h2-5,20H,6-9H2,1H3. The normalized spacial score (nSPS) is 14.8. The highest BCUT2D eigenvalue weighted by atomic mass is 16.5. The molecule has 120 valence electrons. The molecule has 0 aliphatic carbocycles. The van der Waals surface area contributed by atoms with Crippen molar-refractivity contribution in [1.29, 1.82) is 0 Å². The van der Waals surface area contributed by atoms with Crippen molar-refractivity contribution in [2.45, 2.75) is 6.92 Å². The first-order valence-corrected chi connectivity index (χ1v) is 7.23. The van der Waals surface area contributed by atoms with E-state index in [4.69, 9.17) is 4.52 Å². The number of benzene rings is 1. The molecule has 1 aromatic heterocycles. The van der Waals surface area contributed by atoms with E-state index in [1.165, 1.54) is 6.07 Å². The maximum atomic E-state index is 12.4. The molecule has 2 aromatic rings. The molecule has 0 unspecified atom stereocenters. The number of amides is 2. The summed E-state index contributed by atoms with van der Waals surface area (Å²) in [7, 11) is 0. The van der Waals surface area contributed by atoms with Crippen LogP contribution in [0.1, 0.15) is 26.9 Å². The molecule has 1 fully saturated rings. The fourth-order valence-corrected chi connectivity index (χ4v) is 2.47. The number of carbonyl (C=O) groups is 2. The second-order valence-corrected chi connectivity index (χ2v) is 5.24. The number of carbonyl (C=O) groups excluding carboxylic acids is 2. The summed E-state index contributed by atoms with van der Waals surface area (Å²) in [6.45, 7) is 3.15. The fourth-order valence-electron chi connectivity index (χ4n) is 2.47. The van der Waals surface area contributed by atoms with Gasteiger partial charge in [0.15, 0.2) is 0 Å².